The molecule has 1 amide bonds. The third-order valence-electron chi connectivity index (χ3n) is 3.49. The Kier molecular flexibility index (Phi) is 7.75. The van der Waals surface area contributed by atoms with Gasteiger partial charge in [0, 0.05) is 16.6 Å². The maximum Gasteiger partial charge on any atom is 0.347 e. The van der Waals surface area contributed by atoms with Crippen molar-refractivity contribution in [1.29, 1.82) is 0 Å². The van der Waals surface area contributed by atoms with Crippen LogP contribution in [0.4, 0.5) is 0 Å². The summed E-state index contributed by atoms with van der Waals surface area (Å²) in [6.45, 7) is 1.63. The van der Waals surface area contributed by atoms with Crippen molar-refractivity contribution in [3.05, 3.63) is 64.1 Å². The highest BCUT2D eigenvalue weighted by Gasteiger charge is 2.21. The SMILES string of the molecule is CC[C@H](Oc1ccccc1)C(=O)OCC(=O)NCc1ccc(Cl)cc1Cl. The predicted molar refractivity (Wildman–Crippen MR) is 100 cm³/mol. The molecule has 2 aromatic rings. The average molecular weight is 396 g/mol. The van der Waals surface area contributed by atoms with Crippen LogP contribution >= 0.6 is 23.2 Å². The van der Waals surface area contributed by atoms with Crippen LogP contribution in [0.3, 0.4) is 0 Å². The van der Waals surface area contributed by atoms with Crippen molar-refractivity contribution in [1.82, 2.24) is 5.32 Å². The number of carbonyl (C=O) groups is 2. The van der Waals surface area contributed by atoms with E-state index in [9.17, 15) is 9.59 Å². The Morgan fingerprint density at radius 3 is 2.50 bits per heavy atom. The normalized spacial score (nSPS) is 11.5. The molecule has 0 unspecified atom stereocenters. The van der Waals surface area contributed by atoms with Gasteiger partial charge in [0.25, 0.3) is 5.91 Å². The van der Waals surface area contributed by atoms with Crippen LogP contribution in [0.25, 0.3) is 0 Å². The Hall–Kier alpha value is -2.24. The van der Waals surface area contributed by atoms with Crippen LogP contribution in [0, 0.1) is 0 Å². The van der Waals surface area contributed by atoms with E-state index in [4.69, 9.17) is 32.7 Å². The van der Waals surface area contributed by atoms with Gasteiger partial charge in [0.05, 0.1) is 0 Å². The second kappa shape index (κ2) is 10.0. The van der Waals surface area contributed by atoms with Crippen LogP contribution in [0.15, 0.2) is 48.5 Å². The number of carbonyl (C=O) groups excluding carboxylic acids is 2. The van der Waals surface area contributed by atoms with Gasteiger partial charge in [0.1, 0.15) is 5.75 Å². The molecule has 2 rings (SSSR count). The van der Waals surface area contributed by atoms with Gasteiger partial charge in [-0.05, 0) is 36.2 Å². The zero-order valence-electron chi connectivity index (χ0n) is 14.2. The van der Waals surface area contributed by atoms with Gasteiger partial charge in [-0.2, -0.15) is 0 Å². The number of amides is 1. The first-order chi connectivity index (χ1) is 12.5. The lowest BCUT2D eigenvalue weighted by Crippen LogP contribution is -2.33. The largest absolute Gasteiger partial charge is 0.479 e. The molecule has 0 bridgehead atoms. The fraction of sp³-hybridized carbons (Fsp3) is 0.263. The fourth-order valence-corrected chi connectivity index (χ4v) is 2.58. The Morgan fingerprint density at radius 1 is 1.12 bits per heavy atom. The Labute approximate surface area is 162 Å². The zero-order chi connectivity index (χ0) is 18.9. The van der Waals surface area contributed by atoms with E-state index in [-0.39, 0.29) is 6.54 Å². The molecule has 0 spiro atoms. The maximum absolute atomic E-state index is 12.1. The van der Waals surface area contributed by atoms with Crippen molar-refractivity contribution in [3.63, 3.8) is 0 Å². The standard InChI is InChI=1S/C19H19Cl2NO4/c1-2-17(26-15-6-4-3-5-7-15)19(24)25-12-18(23)22-11-13-8-9-14(20)10-16(13)21/h3-10,17H,2,11-12H2,1H3,(H,22,23)/t17-/m0/s1. The summed E-state index contributed by atoms with van der Waals surface area (Å²) in [6, 6.07) is 14.0. The van der Waals surface area contributed by atoms with Crippen LogP contribution < -0.4 is 10.1 Å². The van der Waals surface area contributed by atoms with Gasteiger partial charge in [0.2, 0.25) is 0 Å². The van der Waals surface area contributed by atoms with Crippen molar-refractivity contribution in [2.45, 2.75) is 26.0 Å². The molecular formula is C19H19Cl2NO4. The second-order valence-corrected chi connectivity index (χ2v) is 6.29. The minimum absolute atomic E-state index is 0.212. The van der Waals surface area contributed by atoms with Gasteiger partial charge in [0.15, 0.2) is 12.7 Å². The smallest absolute Gasteiger partial charge is 0.347 e. The van der Waals surface area contributed by atoms with Gasteiger partial charge in [-0.15, -0.1) is 0 Å². The van der Waals surface area contributed by atoms with Gasteiger partial charge in [-0.1, -0.05) is 54.4 Å². The molecule has 0 aliphatic carbocycles. The molecule has 138 valence electrons. The Bertz CT molecular complexity index is 752. The molecule has 5 nitrogen and oxygen atoms in total. The van der Waals surface area contributed by atoms with E-state index in [2.05, 4.69) is 5.32 Å². The first-order valence-corrected chi connectivity index (χ1v) is 8.84. The highest BCUT2D eigenvalue weighted by atomic mass is 35.5. The lowest BCUT2D eigenvalue weighted by atomic mass is 10.2. The third-order valence-corrected chi connectivity index (χ3v) is 4.08. The molecule has 1 atom stereocenters. The topological polar surface area (TPSA) is 64.6 Å². The summed E-state index contributed by atoms with van der Waals surface area (Å²) in [4.78, 5) is 24.0. The van der Waals surface area contributed by atoms with Crippen LogP contribution in [0.1, 0.15) is 18.9 Å². The summed E-state index contributed by atoms with van der Waals surface area (Å²) in [5.41, 5.74) is 0.717. The van der Waals surface area contributed by atoms with Crippen molar-refractivity contribution in [2.24, 2.45) is 0 Å². The number of nitrogens with one attached hydrogen (secondary N) is 1. The first-order valence-electron chi connectivity index (χ1n) is 8.08. The van der Waals surface area contributed by atoms with Crippen LogP contribution in [-0.2, 0) is 20.9 Å². The van der Waals surface area contributed by atoms with Gasteiger partial charge in [-0.3, -0.25) is 4.79 Å². The van der Waals surface area contributed by atoms with Crippen LogP contribution in [0.5, 0.6) is 5.75 Å². The highest BCUT2D eigenvalue weighted by Crippen LogP contribution is 2.20. The molecular weight excluding hydrogens is 377 g/mol. The molecule has 1 N–H and O–H groups in total. The summed E-state index contributed by atoms with van der Waals surface area (Å²) in [7, 11) is 0. The minimum atomic E-state index is -0.768. The maximum atomic E-state index is 12.1. The van der Waals surface area contributed by atoms with Gasteiger partial charge >= 0.3 is 5.97 Å². The number of para-hydroxylation sites is 1. The highest BCUT2D eigenvalue weighted by molar-refractivity contribution is 6.35. The Balaban J connectivity index is 1.79. The number of hydrogen-bond acceptors (Lipinski definition) is 4. The predicted octanol–water partition coefficient (Wildman–Crippen LogP) is 4.01. The van der Waals surface area contributed by atoms with E-state index in [1.807, 2.05) is 18.2 Å². The van der Waals surface area contributed by atoms with Crippen molar-refractivity contribution in [2.75, 3.05) is 6.61 Å². The molecule has 0 saturated heterocycles. The van der Waals surface area contributed by atoms with Gasteiger partial charge in [-0.25, -0.2) is 4.79 Å². The number of hydrogen-bond donors (Lipinski definition) is 1. The monoisotopic (exact) mass is 395 g/mol. The average Bonchev–Trinajstić information content (AvgIpc) is 2.64. The first kappa shape index (κ1) is 20.1. The molecule has 0 heterocycles. The second-order valence-electron chi connectivity index (χ2n) is 5.45. The molecule has 2 aromatic carbocycles. The van der Waals surface area contributed by atoms with Gasteiger partial charge < -0.3 is 14.8 Å². The molecule has 7 heteroatoms. The molecule has 0 radical (unpaired) electrons. The van der Waals surface area contributed by atoms with E-state index in [0.717, 1.165) is 5.56 Å². The summed E-state index contributed by atoms with van der Waals surface area (Å²) < 4.78 is 10.6. The molecule has 0 aromatic heterocycles. The number of esters is 1. The number of halogens is 2. The molecule has 0 aliphatic rings. The zero-order valence-corrected chi connectivity index (χ0v) is 15.7. The van der Waals surface area contributed by atoms with Crippen LogP contribution in [0.2, 0.25) is 10.0 Å². The summed E-state index contributed by atoms with van der Waals surface area (Å²) in [5, 5.41) is 3.61. The van der Waals surface area contributed by atoms with E-state index < -0.39 is 24.6 Å². The summed E-state index contributed by atoms with van der Waals surface area (Å²) in [5.74, 6) is -0.451. The molecule has 0 fully saturated rings. The minimum Gasteiger partial charge on any atom is -0.479 e. The molecule has 0 saturated carbocycles. The molecule has 26 heavy (non-hydrogen) atoms. The summed E-state index contributed by atoms with van der Waals surface area (Å²) in [6.07, 6.45) is -0.341. The van der Waals surface area contributed by atoms with E-state index in [1.54, 1.807) is 37.3 Å². The lowest BCUT2D eigenvalue weighted by molar-refractivity contribution is -0.155. The van der Waals surface area contributed by atoms with E-state index >= 15 is 0 Å². The molecule has 0 aliphatic heterocycles. The van der Waals surface area contributed by atoms with Crippen LogP contribution in [-0.4, -0.2) is 24.6 Å². The fourth-order valence-electron chi connectivity index (χ4n) is 2.10. The van der Waals surface area contributed by atoms with Crippen molar-refractivity contribution >= 4 is 35.1 Å². The van der Waals surface area contributed by atoms with Crippen molar-refractivity contribution < 1.29 is 19.1 Å². The third kappa shape index (κ3) is 6.24. The van der Waals surface area contributed by atoms with Crippen molar-refractivity contribution in [3.8, 4) is 5.75 Å². The summed E-state index contributed by atoms with van der Waals surface area (Å²) >= 11 is 11.9. The van der Waals surface area contributed by atoms with E-state index in [0.29, 0.717) is 22.2 Å². The number of rotatable bonds is 8. The number of benzene rings is 2. The van der Waals surface area contributed by atoms with E-state index in [1.165, 1.54) is 0 Å². The lowest BCUT2D eigenvalue weighted by Gasteiger charge is -2.16. The number of ether oxygens (including phenoxy) is 2. The Morgan fingerprint density at radius 2 is 1.85 bits per heavy atom. The quantitative estimate of drug-likeness (QED) is 0.685.